The molecule has 2 rings (SSSR count). The van der Waals surface area contributed by atoms with Gasteiger partial charge in [-0.1, -0.05) is 41.9 Å². The van der Waals surface area contributed by atoms with E-state index in [0.717, 1.165) is 22.9 Å². The number of amides is 2. The lowest BCUT2D eigenvalue weighted by atomic mass is 9.97. The van der Waals surface area contributed by atoms with Crippen molar-refractivity contribution in [3.05, 3.63) is 34.3 Å². The van der Waals surface area contributed by atoms with E-state index in [1.165, 1.54) is 0 Å². The van der Waals surface area contributed by atoms with Gasteiger partial charge < -0.3 is 10.2 Å². The van der Waals surface area contributed by atoms with Gasteiger partial charge in [0.1, 0.15) is 5.75 Å². The molecule has 144 valence electrons. The molecule has 1 aliphatic rings. The van der Waals surface area contributed by atoms with Gasteiger partial charge in [-0.25, -0.2) is 0 Å². The molecule has 1 saturated heterocycles. The molecule has 1 aliphatic heterocycles. The molecular formula is C19H27BrN2O3S. The topological polar surface area (TPSA) is 66.5 Å². The lowest BCUT2D eigenvalue weighted by molar-refractivity contribution is -0.130. The summed E-state index contributed by atoms with van der Waals surface area (Å²) < 4.78 is 13.3. The molecule has 26 heavy (non-hydrogen) atoms. The molecule has 1 N–H and O–H groups in total. The zero-order valence-corrected chi connectivity index (χ0v) is 17.8. The van der Waals surface area contributed by atoms with Crippen LogP contribution >= 0.6 is 15.9 Å². The average Bonchev–Trinajstić information content (AvgIpc) is 2.61. The van der Waals surface area contributed by atoms with Gasteiger partial charge >= 0.3 is 0 Å². The second-order valence-corrected chi connectivity index (χ2v) is 9.48. The first-order valence-electron chi connectivity index (χ1n) is 9.00. The lowest BCUT2D eigenvalue weighted by Crippen LogP contribution is -2.45. The molecule has 2 amide bonds. The Morgan fingerprint density at radius 3 is 2.65 bits per heavy atom. The summed E-state index contributed by atoms with van der Waals surface area (Å²) >= 11 is 3.38. The summed E-state index contributed by atoms with van der Waals surface area (Å²) in [7, 11) is -1.21. The molecule has 0 aliphatic carbocycles. The third-order valence-corrected chi connectivity index (χ3v) is 6.24. The molecule has 1 aromatic carbocycles. The maximum Gasteiger partial charge on any atom is 0.235 e. The molecule has 2 atom stereocenters. The van der Waals surface area contributed by atoms with E-state index in [2.05, 4.69) is 21.2 Å². The Morgan fingerprint density at radius 2 is 2.00 bits per heavy atom. The van der Waals surface area contributed by atoms with E-state index in [-0.39, 0.29) is 29.4 Å². The number of likely N-dealkylation sites (tertiary alicyclic amines) is 1. The summed E-state index contributed by atoms with van der Waals surface area (Å²) in [6.07, 6.45) is 1.93. The lowest BCUT2D eigenvalue weighted by Gasteiger charge is -2.33. The van der Waals surface area contributed by atoms with Crippen LogP contribution in [0.2, 0.25) is 0 Å². The van der Waals surface area contributed by atoms with Gasteiger partial charge in [-0.15, -0.1) is 0 Å². The number of carbonyl (C=O) groups is 2. The Labute approximate surface area is 166 Å². The Hall–Kier alpha value is -1.21. The Kier molecular flexibility index (Phi) is 8.28. The number of carbonyl (C=O) groups excluding carboxylic acids is 2. The summed E-state index contributed by atoms with van der Waals surface area (Å²) in [6.45, 7) is 5.68. The molecule has 0 aromatic heterocycles. The van der Waals surface area contributed by atoms with E-state index in [1.54, 1.807) is 4.90 Å². The zero-order valence-electron chi connectivity index (χ0n) is 15.4. The minimum atomic E-state index is -1.21. The standard InChI is InChI=1S/C19H27BrN2O3S/c1-14(2)19(24)21-10-16-4-3-9-22(11-16)18(23)13-26(25)12-15-5-7-17(20)8-6-15/h5-8,14,16H,3-4,9-13H2,1-2H3,(H,21,24). The fraction of sp³-hybridized carbons (Fsp3) is 0.579. The first-order valence-corrected chi connectivity index (χ1v) is 11.3. The maximum absolute atomic E-state index is 12.5. The molecule has 0 radical (unpaired) electrons. The van der Waals surface area contributed by atoms with E-state index in [4.69, 9.17) is 0 Å². The molecular weight excluding hydrogens is 416 g/mol. The monoisotopic (exact) mass is 442 g/mol. The van der Waals surface area contributed by atoms with Gasteiger partial charge in [0, 0.05) is 46.6 Å². The van der Waals surface area contributed by atoms with Crippen LogP contribution in [0.5, 0.6) is 0 Å². The van der Waals surface area contributed by atoms with Crippen molar-refractivity contribution in [1.29, 1.82) is 0 Å². The number of halogens is 1. The summed E-state index contributed by atoms with van der Waals surface area (Å²) in [4.78, 5) is 26.0. The normalized spacial score (nSPS) is 18.6. The van der Waals surface area contributed by atoms with Crippen LogP contribution < -0.4 is 5.32 Å². The number of nitrogens with zero attached hydrogens (tertiary/aromatic N) is 1. The van der Waals surface area contributed by atoms with Crippen molar-refractivity contribution in [3.8, 4) is 0 Å². The number of hydrogen-bond acceptors (Lipinski definition) is 3. The minimum absolute atomic E-state index is 0.0302. The highest BCUT2D eigenvalue weighted by atomic mass is 79.9. The number of nitrogens with one attached hydrogen (secondary N) is 1. The quantitative estimate of drug-likeness (QED) is 0.705. The molecule has 1 aromatic rings. The molecule has 1 heterocycles. The summed E-state index contributed by atoms with van der Waals surface area (Å²) in [5.41, 5.74) is 0.965. The molecule has 0 bridgehead atoms. The average molecular weight is 443 g/mol. The molecule has 7 heteroatoms. The van der Waals surface area contributed by atoms with Crippen LogP contribution in [0.3, 0.4) is 0 Å². The Morgan fingerprint density at radius 1 is 1.31 bits per heavy atom. The molecule has 1 fully saturated rings. The van der Waals surface area contributed by atoms with Crippen LogP contribution in [0.25, 0.3) is 0 Å². The van der Waals surface area contributed by atoms with Crippen molar-refractivity contribution in [1.82, 2.24) is 10.2 Å². The van der Waals surface area contributed by atoms with Crippen LogP contribution in [-0.4, -0.2) is 46.3 Å². The van der Waals surface area contributed by atoms with Crippen LogP contribution in [0, 0.1) is 11.8 Å². The first kappa shape index (κ1) is 21.1. The summed E-state index contributed by atoms with van der Waals surface area (Å²) in [5, 5.41) is 2.95. The van der Waals surface area contributed by atoms with Crippen LogP contribution in [0.15, 0.2) is 28.7 Å². The smallest absolute Gasteiger partial charge is 0.235 e. The highest BCUT2D eigenvalue weighted by molar-refractivity contribution is 9.10. The van der Waals surface area contributed by atoms with Crippen molar-refractivity contribution in [2.75, 3.05) is 25.4 Å². The van der Waals surface area contributed by atoms with Gasteiger partial charge in [-0.2, -0.15) is 0 Å². The maximum atomic E-state index is 12.5. The predicted octanol–water partition coefficient (Wildman–Crippen LogP) is 2.71. The van der Waals surface area contributed by atoms with Crippen LogP contribution in [0.1, 0.15) is 32.3 Å². The van der Waals surface area contributed by atoms with E-state index < -0.39 is 10.8 Å². The van der Waals surface area contributed by atoms with Gasteiger partial charge in [0.25, 0.3) is 0 Å². The van der Waals surface area contributed by atoms with E-state index >= 15 is 0 Å². The highest BCUT2D eigenvalue weighted by Crippen LogP contribution is 2.17. The SMILES string of the molecule is CC(C)C(=O)NCC1CCCN(C(=O)CS(=O)Cc2ccc(Br)cc2)C1. The minimum Gasteiger partial charge on any atom is -0.356 e. The van der Waals surface area contributed by atoms with E-state index in [9.17, 15) is 13.8 Å². The third kappa shape index (κ3) is 6.83. The van der Waals surface area contributed by atoms with Gasteiger partial charge in [0.2, 0.25) is 11.8 Å². The Balaban J connectivity index is 1.79. The summed E-state index contributed by atoms with van der Waals surface area (Å²) in [6, 6.07) is 7.66. The second-order valence-electron chi connectivity index (χ2n) is 7.10. The molecule has 0 spiro atoms. The van der Waals surface area contributed by atoms with Gasteiger partial charge in [0.15, 0.2) is 0 Å². The fourth-order valence-corrected chi connectivity index (χ4v) is 4.34. The van der Waals surface area contributed by atoms with Crippen molar-refractivity contribution in [2.24, 2.45) is 11.8 Å². The molecule has 2 unspecified atom stereocenters. The van der Waals surface area contributed by atoms with Crippen LogP contribution in [-0.2, 0) is 26.1 Å². The zero-order chi connectivity index (χ0) is 19.1. The number of rotatable bonds is 7. The second kappa shape index (κ2) is 10.2. The van der Waals surface area contributed by atoms with Gasteiger partial charge in [-0.3, -0.25) is 13.8 Å². The summed E-state index contributed by atoms with van der Waals surface area (Å²) in [5.74, 6) is 0.680. The third-order valence-electron chi connectivity index (χ3n) is 4.49. The van der Waals surface area contributed by atoms with Crippen molar-refractivity contribution in [3.63, 3.8) is 0 Å². The number of benzene rings is 1. The van der Waals surface area contributed by atoms with E-state index in [1.807, 2.05) is 38.1 Å². The van der Waals surface area contributed by atoms with Gasteiger partial charge in [-0.05, 0) is 36.5 Å². The fourth-order valence-electron chi connectivity index (χ4n) is 2.95. The van der Waals surface area contributed by atoms with Crippen molar-refractivity contribution in [2.45, 2.75) is 32.4 Å². The molecule has 0 saturated carbocycles. The highest BCUT2D eigenvalue weighted by Gasteiger charge is 2.25. The van der Waals surface area contributed by atoms with Crippen molar-refractivity contribution < 1.29 is 13.8 Å². The first-order chi connectivity index (χ1) is 12.3. The largest absolute Gasteiger partial charge is 0.356 e. The molecule has 5 nitrogen and oxygen atoms in total. The van der Waals surface area contributed by atoms with Gasteiger partial charge in [0.05, 0.1) is 0 Å². The van der Waals surface area contributed by atoms with Crippen LogP contribution in [0.4, 0.5) is 0 Å². The predicted molar refractivity (Wildman–Crippen MR) is 108 cm³/mol. The number of hydrogen-bond donors (Lipinski definition) is 1. The van der Waals surface area contributed by atoms with E-state index in [0.29, 0.717) is 25.4 Å². The number of piperidine rings is 1. The van der Waals surface area contributed by atoms with Crippen molar-refractivity contribution >= 4 is 38.5 Å². The Bertz CT molecular complexity index is 649.